The van der Waals surface area contributed by atoms with Crippen LogP contribution >= 0.6 is 0 Å². The van der Waals surface area contributed by atoms with Gasteiger partial charge in [-0.2, -0.15) is 10.1 Å². The molecule has 138 valence electrons. The van der Waals surface area contributed by atoms with E-state index in [2.05, 4.69) is 51.3 Å². The molecule has 1 aliphatic heterocycles. The Labute approximate surface area is 149 Å². The molecule has 1 unspecified atom stereocenters. The van der Waals surface area contributed by atoms with Crippen molar-refractivity contribution in [2.24, 2.45) is 0 Å². The van der Waals surface area contributed by atoms with Crippen LogP contribution in [0.5, 0.6) is 0 Å². The maximum atomic E-state index is 5.21. The summed E-state index contributed by atoms with van der Waals surface area (Å²) in [6.07, 6.45) is 5.12. The van der Waals surface area contributed by atoms with Gasteiger partial charge in [0.15, 0.2) is 5.82 Å². The lowest BCUT2D eigenvalue weighted by Gasteiger charge is -2.32. The first-order valence-corrected chi connectivity index (χ1v) is 9.25. The highest BCUT2D eigenvalue weighted by molar-refractivity contribution is 5.23. The molecule has 2 aromatic rings. The fourth-order valence-electron chi connectivity index (χ4n) is 3.41. The summed E-state index contributed by atoms with van der Waals surface area (Å²) in [5.74, 6) is 1.51. The predicted octanol–water partition coefficient (Wildman–Crippen LogP) is 2.41. The number of piperidine rings is 1. The standard InChI is InChI=1S/C18H30N6O/c1-5-16-21-15(23-25-16)12-24-8-6-7-14(11-24)19-9-13-10-20-22-17(13)18(2,3)4/h10,14,19H,5-9,11-12H2,1-4H3,(H,20,22). The van der Waals surface area contributed by atoms with Gasteiger partial charge in [0.1, 0.15) is 0 Å². The highest BCUT2D eigenvalue weighted by Gasteiger charge is 2.23. The maximum Gasteiger partial charge on any atom is 0.226 e. The molecule has 0 aliphatic carbocycles. The van der Waals surface area contributed by atoms with Crippen molar-refractivity contribution < 1.29 is 4.52 Å². The molecule has 0 radical (unpaired) electrons. The monoisotopic (exact) mass is 346 g/mol. The zero-order valence-electron chi connectivity index (χ0n) is 15.8. The third-order valence-corrected chi connectivity index (χ3v) is 4.73. The van der Waals surface area contributed by atoms with Gasteiger partial charge < -0.3 is 9.84 Å². The summed E-state index contributed by atoms with van der Waals surface area (Å²) in [4.78, 5) is 6.83. The molecule has 1 atom stereocenters. The second-order valence-electron chi connectivity index (χ2n) is 7.93. The third kappa shape index (κ3) is 4.67. The minimum absolute atomic E-state index is 0.0850. The van der Waals surface area contributed by atoms with Crippen LogP contribution in [0, 0.1) is 0 Å². The summed E-state index contributed by atoms with van der Waals surface area (Å²) >= 11 is 0. The molecule has 1 saturated heterocycles. The lowest BCUT2D eigenvalue weighted by atomic mass is 9.89. The van der Waals surface area contributed by atoms with Crippen LogP contribution in [0.15, 0.2) is 10.7 Å². The van der Waals surface area contributed by atoms with Gasteiger partial charge in [0.05, 0.1) is 12.7 Å². The van der Waals surface area contributed by atoms with Gasteiger partial charge in [0.2, 0.25) is 5.89 Å². The smallest absolute Gasteiger partial charge is 0.226 e. The molecule has 3 rings (SSSR count). The number of nitrogens with zero attached hydrogens (tertiary/aromatic N) is 4. The third-order valence-electron chi connectivity index (χ3n) is 4.73. The van der Waals surface area contributed by atoms with E-state index in [9.17, 15) is 0 Å². The van der Waals surface area contributed by atoms with Crippen molar-refractivity contribution in [3.05, 3.63) is 29.2 Å². The maximum absolute atomic E-state index is 5.21. The molecular weight excluding hydrogens is 316 g/mol. The molecule has 1 aliphatic rings. The van der Waals surface area contributed by atoms with Crippen LogP contribution in [0.3, 0.4) is 0 Å². The summed E-state index contributed by atoms with van der Waals surface area (Å²) in [5, 5.41) is 15.2. The molecule has 0 amide bonds. The minimum atomic E-state index is 0.0850. The Kier molecular flexibility index (Phi) is 5.54. The van der Waals surface area contributed by atoms with E-state index in [1.807, 2.05) is 13.1 Å². The Hall–Kier alpha value is -1.73. The molecule has 7 nitrogen and oxygen atoms in total. The lowest BCUT2D eigenvalue weighted by molar-refractivity contribution is 0.177. The van der Waals surface area contributed by atoms with Crippen LogP contribution in [-0.2, 0) is 24.9 Å². The van der Waals surface area contributed by atoms with Gasteiger partial charge in [-0.25, -0.2) is 0 Å². The summed E-state index contributed by atoms with van der Waals surface area (Å²) in [6, 6.07) is 0.481. The van der Waals surface area contributed by atoms with Gasteiger partial charge in [0, 0.05) is 42.2 Å². The normalized spacial score (nSPS) is 19.4. The second-order valence-corrected chi connectivity index (χ2v) is 7.93. The molecule has 25 heavy (non-hydrogen) atoms. The fourth-order valence-corrected chi connectivity index (χ4v) is 3.41. The second kappa shape index (κ2) is 7.66. The summed E-state index contributed by atoms with van der Waals surface area (Å²) in [6.45, 7) is 12.4. The van der Waals surface area contributed by atoms with Gasteiger partial charge >= 0.3 is 0 Å². The highest BCUT2D eigenvalue weighted by atomic mass is 16.5. The number of aromatic amines is 1. The van der Waals surface area contributed by atoms with Crippen molar-refractivity contribution in [2.45, 2.75) is 71.5 Å². The Morgan fingerprint density at radius 1 is 1.40 bits per heavy atom. The Morgan fingerprint density at radius 2 is 2.24 bits per heavy atom. The van der Waals surface area contributed by atoms with Crippen LogP contribution in [0.25, 0.3) is 0 Å². The molecular formula is C18H30N6O. The number of hydrogen-bond acceptors (Lipinski definition) is 6. The van der Waals surface area contributed by atoms with Gasteiger partial charge in [-0.3, -0.25) is 10.00 Å². The van der Waals surface area contributed by atoms with Crippen LogP contribution < -0.4 is 5.32 Å². The zero-order chi connectivity index (χ0) is 17.9. The van der Waals surface area contributed by atoms with E-state index in [1.165, 1.54) is 24.1 Å². The van der Waals surface area contributed by atoms with E-state index in [4.69, 9.17) is 4.52 Å². The Morgan fingerprint density at radius 3 is 2.96 bits per heavy atom. The van der Waals surface area contributed by atoms with Crippen molar-refractivity contribution in [3.8, 4) is 0 Å². The molecule has 2 N–H and O–H groups in total. The fraction of sp³-hybridized carbons (Fsp3) is 0.722. The van der Waals surface area contributed by atoms with Crippen molar-refractivity contribution in [1.82, 2.24) is 30.6 Å². The van der Waals surface area contributed by atoms with Gasteiger partial charge in [-0.1, -0.05) is 32.9 Å². The van der Waals surface area contributed by atoms with E-state index < -0.39 is 0 Å². The summed E-state index contributed by atoms with van der Waals surface area (Å²) in [7, 11) is 0. The largest absolute Gasteiger partial charge is 0.339 e. The van der Waals surface area contributed by atoms with Gasteiger partial charge in [0.25, 0.3) is 0 Å². The van der Waals surface area contributed by atoms with Crippen LogP contribution in [0.2, 0.25) is 0 Å². The Bertz CT molecular complexity index is 671. The van der Waals surface area contributed by atoms with E-state index in [1.54, 1.807) is 0 Å². The van der Waals surface area contributed by atoms with E-state index in [0.717, 1.165) is 44.3 Å². The number of rotatable bonds is 6. The predicted molar refractivity (Wildman–Crippen MR) is 96.1 cm³/mol. The van der Waals surface area contributed by atoms with Crippen molar-refractivity contribution in [1.29, 1.82) is 0 Å². The van der Waals surface area contributed by atoms with Gasteiger partial charge in [-0.15, -0.1) is 0 Å². The molecule has 0 bridgehead atoms. The quantitative estimate of drug-likeness (QED) is 0.836. The average Bonchev–Trinajstić information content (AvgIpc) is 3.21. The number of H-pyrrole nitrogens is 1. The van der Waals surface area contributed by atoms with Crippen LogP contribution in [0.1, 0.15) is 63.5 Å². The lowest BCUT2D eigenvalue weighted by Crippen LogP contribution is -2.45. The topological polar surface area (TPSA) is 82.9 Å². The summed E-state index contributed by atoms with van der Waals surface area (Å²) in [5.41, 5.74) is 2.56. The first-order chi connectivity index (χ1) is 12.0. The molecule has 2 aromatic heterocycles. The Balaban J connectivity index is 1.53. The SMILES string of the molecule is CCc1nc(CN2CCCC(NCc3cn[nH]c3C(C)(C)C)C2)no1. The number of likely N-dealkylation sites (tertiary alicyclic amines) is 1. The first-order valence-electron chi connectivity index (χ1n) is 9.25. The van der Waals surface area contributed by atoms with Crippen molar-refractivity contribution in [2.75, 3.05) is 13.1 Å². The molecule has 3 heterocycles. The number of aryl methyl sites for hydroxylation is 1. The number of nitrogens with one attached hydrogen (secondary N) is 2. The van der Waals surface area contributed by atoms with Crippen molar-refractivity contribution in [3.63, 3.8) is 0 Å². The van der Waals surface area contributed by atoms with Gasteiger partial charge in [-0.05, 0) is 19.4 Å². The minimum Gasteiger partial charge on any atom is -0.339 e. The average molecular weight is 346 g/mol. The van der Waals surface area contributed by atoms with E-state index >= 15 is 0 Å². The molecule has 1 fully saturated rings. The number of hydrogen-bond donors (Lipinski definition) is 2. The molecule has 7 heteroatoms. The van der Waals surface area contributed by atoms with Crippen LogP contribution in [0.4, 0.5) is 0 Å². The van der Waals surface area contributed by atoms with Crippen molar-refractivity contribution >= 4 is 0 Å². The van der Waals surface area contributed by atoms with E-state index in [0.29, 0.717) is 6.04 Å². The van der Waals surface area contributed by atoms with Crippen LogP contribution in [-0.4, -0.2) is 44.4 Å². The number of aromatic nitrogens is 4. The highest BCUT2D eigenvalue weighted by Crippen LogP contribution is 2.23. The van der Waals surface area contributed by atoms with E-state index in [-0.39, 0.29) is 5.41 Å². The first kappa shape index (κ1) is 18.1. The molecule has 0 spiro atoms. The molecule has 0 aromatic carbocycles. The summed E-state index contributed by atoms with van der Waals surface area (Å²) < 4.78 is 5.21. The zero-order valence-corrected chi connectivity index (χ0v) is 15.8. The molecule has 0 saturated carbocycles.